The van der Waals surface area contributed by atoms with Crippen LogP contribution in [0.2, 0.25) is 0 Å². The Kier molecular flexibility index (Phi) is 6.16. The minimum atomic E-state index is -1.04. The van der Waals surface area contributed by atoms with Gasteiger partial charge in [0.2, 0.25) is 11.8 Å². The summed E-state index contributed by atoms with van der Waals surface area (Å²) in [6, 6.07) is 3.93. The Balaban J connectivity index is 1.76. The summed E-state index contributed by atoms with van der Waals surface area (Å²) in [6.07, 6.45) is 5.11. The van der Waals surface area contributed by atoms with Gasteiger partial charge >= 0.3 is 0 Å². The van der Waals surface area contributed by atoms with Crippen LogP contribution < -0.4 is 9.47 Å². The smallest absolute Gasteiger partial charge is 0.238 e. The predicted molar refractivity (Wildman–Crippen MR) is 107 cm³/mol. The number of amides is 2. The molecule has 2 amide bonds. The summed E-state index contributed by atoms with van der Waals surface area (Å²) >= 11 is 0. The van der Waals surface area contributed by atoms with Crippen LogP contribution in [-0.4, -0.2) is 55.5 Å². The molecule has 3 rings (SSSR count). The molecule has 28 heavy (non-hydrogen) atoms. The molecular formula is C22H32N2O4. The van der Waals surface area contributed by atoms with Crippen molar-refractivity contribution in [2.75, 3.05) is 33.9 Å². The molecule has 6 nitrogen and oxygen atoms in total. The minimum absolute atomic E-state index is 0.0440. The predicted octanol–water partition coefficient (Wildman–Crippen LogP) is 3.02. The maximum atomic E-state index is 13.3. The average Bonchev–Trinajstić information content (AvgIpc) is 3.00. The van der Waals surface area contributed by atoms with Crippen LogP contribution >= 0.6 is 0 Å². The first-order chi connectivity index (χ1) is 13.4. The number of nitrogens with zero attached hydrogens (tertiary/aromatic N) is 2. The molecule has 6 heteroatoms. The van der Waals surface area contributed by atoms with E-state index >= 15 is 0 Å². The lowest BCUT2D eigenvalue weighted by atomic mass is 9.87. The number of ether oxygens (including phenoxy) is 2. The molecule has 2 aliphatic heterocycles. The number of rotatable bonds is 4. The van der Waals surface area contributed by atoms with E-state index in [1.807, 2.05) is 21.9 Å². The van der Waals surface area contributed by atoms with Crippen LogP contribution in [0.5, 0.6) is 11.5 Å². The monoisotopic (exact) mass is 388 g/mol. The van der Waals surface area contributed by atoms with Crippen molar-refractivity contribution in [1.82, 2.24) is 9.80 Å². The van der Waals surface area contributed by atoms with Crippen molar-refractivity contribution in [3.8, 4) is 11.5 Å². The topological polar surface area (TPSA) is 59.1 Å². The summed E-state index contributed by atoms with van der Waals surface area (Å²) < 4.78 is 10.8. The summed E-state index contributed by atoms with van der Waals surface area (Å²) in [7, 11) is 3.23. The van der Waals surface area contributed by atoms with Crippen molar-refractivity contribution in [2.24, 2.45) is 5.41 Å². The van der Waals surface area contributed by atoms with Gasteiger partial charge in [-0.15, -0.1) is 0 Å². The molecule has 0 aromatic heterocycles. The molecule has 0 bridgehead atoms. The second-order valence-corrected chi connectivity index (χ2v) is 8.28. The maximum absolute atomic E-state index is 13.3. The summed E-state index contributed by atoms with van der Waals surface area (Å²) in [5, 5.41) is 0. The van der Waals surface area contributed by atoms with E-state index in [2.05, 4.69) is 0 Å². The first kappa shape index (κ1) is 20.5. The van der Waals surface area contributed by atoms with E-state index in [9.17, 15) is 9.59 Å². The number of methoxy groups -OCH3 is 2. The molecule has 1 aromatic carbocycles. The van der Waals surface area contributed by atoms with Crippen LogP contribution in [0.4, 0.5) is 0 Å². The van der Waals surface area contributed by atoms with Gasteiger partial charge in [-0.05, 0) is 56.4 Å². The summed E-state index contributed by atoms with van der Waals surface area (Å²) in [5.41, 5.74) is 1.17. The zero-order valence-electron chi connectivity index (χ0n) is 17.5. The fourth-order valence-corrected chi connectivity index (χ4v) is 4.21. The van der Waals surface area contributed by atoms with Gasteiger partial charge in [-0.3, -0.25) is 9.59 Å². The van der Waals surface area contributed by atoms with Crippen LogP contribution in [-0.2, 0) is 22.6 Å². The summed E-state index contributed by atoms with van der Waals surface area (Å²) in [4.78, 5) is 30.1. The van der Waals surface area contributed by atoms with E-state index in [1.54, 1.807) is 28.1 Å². The van der Waals surface area contributed by atoms with Gasteiger partial charge in [0.15, 0.2) is 11.5 Å². The highest BCUT2D eigenvalue weighted by molar-refractivity contribution is 6.04. The van der Waals surface area contributed by atoms with E-state index in [0.29, 0.717) is 24.6 Å². The van der Waals surface area contributed by atoms with Crippen molar-refractivity contribution in [3.63, 3.8) is 0 Å². The fourth-order valence-electron chi connectivity index (χ4n) is 4.21. The fraction of sp³-hybridized carbons (Fsp3) is 0.636. The Morgan fingerprint density at radius 3 is 1.93 bits per heavy atom. The second-order valence-electron chi connectivity index (χ2n) is 8.28. The van der Waals surface area contributed by atoms with Gasteiger partial charge in [0.1, 0.15) is 5.41 Å². The number of likely N-dealkylation sites (tertiary alicyclic amines) is 1. The third kappa shape index (κ3) is 3.96. The normalized spacial score (nSPS) is 17.6. The first-order valence-electron chi connectivity index (χ1n) is 10.2. The van der Waals surface area contributed by atoms with Gasteiger partial charge in [-0.2, -0.15) is 0 Å². The molecule has 2 aliphatic rings. The number of benzene rings is 1. The quantitative estimate of drug-likeness (QED) is 0.744. The third-order valence-electron chi connectivity index (χ3n) is 5.97. The summed E-state index contributed by atoms with van der Waals surface area (Å²) in [6.45, 7) is 6.16. The molecule has 154 valence electrons. The first-order valence-corrected chi connectivity index (χ1v) is 10.2. The molecule has 2 heterocycles. The van der Waals surface area contributed by atoms with E-state index in [4.69, 9.17) is 9.47 Å². The van der Waals surface area contributed by atoms with Crippen LogP contribution in [0, 0.1) is 5.41 Å². The van der Waals surface area contributed by atoms with Gasteiger partial charge < -0.3 is 19.3 Å². The lowest BCUT2D eigenvalue weighted by molar-refractivity contribution is -0.154. The van der Waals surface area contributed by atoms with Crippen molar-refractivity contribution >= 4 is 11.8 Å². The van der Waals surface area contributed by atoms with Crippen LogP contribution in [0.15, 0.2) is 12.1 Å². The molecule has 0 aliphatic carbocycles. The van der Waals surface area contributed by atoms with Gasteiger partial charge in [0.05, 0.1) is 14.2 Å². The number of hydrogen-bond donors (Lipinski definition) is 0. The molecule has 1 aromatic rings. The van der Waals surface area contributed by atoms with Crippen molar-refractivity contribution in [3.05, 3.63) is 23.3 Å². The molecule has 0 radical (unpaired) electrons. The molecule has 0 N–H and O–H groups in total. The van der Waals surface area contributed by atoms with Gasteiger partial charge in [0.25, 0.3) is 0 Å². The van der Waals surface area contributed by atoms with Gasteiger partial charge in [-0.25, -0.2) is 0 Å². The van der Waals surface area contributed by atoms with E-state index < -0.39 is 5.41 Å². The zero-order valence-corrected chi connectivity index (χ0v) is 17.5. The highest BCUT2D eigenvalue weighted by Crippen LogP contribution is 2.34. The van der Waals surface area contributed by atoms with Crippen molar-refractivity contribution in [2.45, 2.75) is 52.5 Å². The Hall–Kier alpha value is -2.24. The third-order valence-corrected chi connectivity index (χ3v) is 5.97. The average molecular weight is 389 g/mol. The van der Waals surface area contributed by atoms with E-state index in [1.165, 1.54) is 5.56 Å². The SMILES string of the molecule is COc1cc2c(cc1OC)CN(C(=O)C(C)(C)C(=O)N1CCCCCC1)CC2. The molecule has 0 spiro atoms. The second kappa shape index (κ2) is 8.41. The Bertz CT molecular complexity index is 736. The lowest BCUT2D eigenvalue weighted by Crippen LogP contribution is -2.52. The Morgan fingerprint density at radius 1 is 0.821 bits per heavy atom. The number of hydrogen-bond acceptors (Lipinski definition) is 4. The van der Waals surface area contributed by atoms with Crippen molar-refractivity contribution in [1.29, 1.82) is 0 Å². The van der Waals surface area contributed by atoms with Crippen molar-refractivity contribution < 1.29 is 19.1 Å². The molecule has 1 saturated heterocycles. The van der Waals surface area contributed by atoms with E-state index in [0.717, 1.165) is 50.8 Å². The van der Waals surface area contributed by atoms with E-state index in [-0.39, 0.29) is 11.8 Å². The lowest BCUT2D eigenvalue weighted by Gasteiger charge is -2.37. The highest BCUT2D eigenvalue weighted by atomic mass is 16.5. The largest absolute Gasteiger partial charge is 0.493 e. The van der Waals surface area contributed by atoms with Crippen LogP contribution in [0.25, 0.3) is 0 Å². The molecule has 1 fully saturated rings. The Labute approximate surface area is 167 Å². The molecule has 0 unspecified atom stereocenters. The minimum Gasteiger partial charge on any atom is -0.493 e. The summed E-state index contributed by atoms with van der Waals surface area (Å²) in [5.74, 6) is 1.23. The van der Waals surface area contributed by atoms with Gasteiger partial charge in [0, 0.05) is 26.2 Å². The maximum Gasteiger partial charge on any atom is 0.238 e. The number of carbonyl (C=O) groups excluding carboxylic acids is 2. The van der Waals surface area contributed by atoms with Gasteiger partial charge in [-0.1, -0.05) is 12.8 Å². The highest BCUT2D eigenvalue weighted by Gasteiger charge is 2.42. The number of carbonyl (C=O) groups is 2. The molecular weight excluding hydrogens is 356 g/mol. The van der Waals surface area contributed by atoms with Crippen LogP contribution in [0.1, 0.15) is 50.7 Å². The Morgan fingerprint density at radius 2 is 1.36 bits per heavy atom. The van der Waals surface area contributed by atoms with Crippen LogP contribution in [0.3, 0.4) is 0 Å². The number of fused-ring (bicyclic) bond motifs is 1. The standard InChI is InChI=1S/C22H32N2O4/c1-22(2,20(25)23-10-7-5-6-8-11-23)21(26)24-12-9-16-13-18(27-3)19(28-4)14-17(16)15-24/h13-14H,5-12,15H2,1-4H3. The zero-order chi connectivity index (χ0) is 20.3. The molecule has 0 atom stereocenters. The molecule has 0 saturated carbocycles.